The highest BCUT2D eigenvalue weighted by Gasteiger charge is 2.30. The molecule has 210 valence electrons. The molecule has 0 saturated carbocycles. The van der Waals surface area contributed by atoms with Crippen molar-refractivity contribution in [1.82, 2.24) is 9.47 Å². The van der Waals surface area contributed by atoms with Crippen LogP contribution < -0.4 is 15.4 Å². The maximum absolute atomic E-state index is 13.5. The summed E-state index contributed by atoms with van der Waals surface area (Å²) < 4.78 is 47.3. The number of halogens is 3. The Hall–Kier alpha value is -3.00. The second-order valence-corrected chi connectivity index (χ2v) is 10.4. The Bertz CT molecular complexity index is 1310. The van der Waals surface area contributed by atoms with E-state index in [-0.39, 0.29) is 19.2 Å². The lowest BCUT2D eigenvalue weighted by Gasteiger charge is -2.32. The van der Waals surface area contributed by atoms with Gasteiger partial charge in [0.15, 0.2) is 0 Å². The third-order valence-corrected chi connectivity index (χ3v) is 7.58. The van der Waals surface area contributed by atoms with Gasteiger partial charge >= 0.3 is 6.18 Å². The van der Waals surface area contributed by atoms with Crippen LogP contribution in [0.5, 0.6) is 5.75 Å². The lowest BCUT2D eigenvalue weighted by atomic mass is 10.0. The molecule has 0 spiro atoms. The van der Waals surface area contributed by atoms with Gasteiger partial charge in [0.05, 0.1) is 30.6 Å². The van der Waals surface area contributed by atoms with Crippen molar-refractivity contribution in [3.63, 3.8) is 0 Å². The second kappa shape index (κ2) is 13.4. The highest BCUT2D eigenvalue weighted by molar-refractivity contribution is 7.98. The molecule has 1 aliphatic rings. The molecule has 2 aromatic carbocycles. The molecule has 0 bridgehead atoms. The number of likely N-dealkylation sites (tertiary alicyclic amines) is 1. The van der Waals surface area contributed by atoms with Crippen LogP contribution in [0.2, 0.25) is 0 Å². The molecule has 39 heavy (non-hydrogen) atoms. The number of alkyl halides is 3. The molecule has 3 aromatic rings. The number of hydrogen-bond acceptors (Lipinski definition) is 6. The third-order valence-electron chi connectivity index (χ3n) is 6.86. The van der Waals surface area contributed by atoms with Crippen molar-refractivity contribution in [1.29, 1.82) is 0 Å². The number of nitrogens with one attached hydrogen (secondary N) is 2. The average Bonchev–Trinajstić information content (AvgIpc) is 3.27. The number of benzene rings is 2. The van der Waals surface area contributed by atoms with Gasteiger partial charge in [-0.15, -0.1) is 11.8 Å². The first kappa shape index (κ1) is 29.0. The number of aromatic nitrogens is 1. The van der Waals surface area contributed by atoms with Crippen molar-refractivity contribution < 1.29 is 23.0 Å². The van der Waals surface area contributed by atoms with Crippen LogP contribution in [0.4, 0.5) is 24.5 Å². The van der Waals surface area contributed by atoms with Crippen molar-refractivity contribution in [2.24, 2.45) is 0 Å². The minimum Gasteiger partial charge on any atom is -0.495 e. The van der Waals surface area contributed by atoms with Gasteiger partial charge in [-0.05, 0) is 67.8 Å². The molecule has 4 rings (SSSR count). The minimum atomic E-state index is -4.38. The molecule has 3 N–H and O–H groups in total. The van der Waals surface area contributed by atoms with Crippen LogP contribution in [0, 0.1) is 11.8 Å². The molecule has 0 amide bonds. The Morgan fingerprint density at radius 2 is 1.92 bits per heavy atom. The summed E-state index contributed by atoms with van der Waals surface area (Å²) in [5.41, 5.74) is 2.42. The van der Waals surface area contributed by atoms with Crippen molar-refractivity contribution in [3.8, 4) is 17.6 Å². The van der Waals surface area contributed by atoms with Gasteiger partial charge in [0.2, 0.25) is 0 Å². The summed E-state index contributed by atoms with van der Waals surface area (Å²) in [4.78, 5) is 3.40. The van der Waals surface area contributed by atoms with E-state index in [1.807, 2.05) is 30.5 Å². The quantitative estimate of drug-likeness (QED) is 0.220. The van der Waals surface area contributed by atoms with Crippen LogP contribution in [-0.4, -0.2) is 72.9 Å². The van der Waals surface area contributed by atoms with Crippen LogP contribution in [0.15, 0.2) is 47.4 Å². The Labute approximate surface area is 231 Å². The minimum absolute atomic E-state index is 0.190. The number of anilines is 2. The van der Waals surface area contributed by atoms with E-state index in [1.165, 1.54) is 4.57 Å². The second-order valence-electron chi connectivity index (χ2n) is 9.53. The number of aliphatic hydroxyl groups excluding tert-OH is 1. The monoisotopic (exact) mass is 560 g/mol. The summed E-state index contributed by atoms with van der Waals surface area (Å²) in [6, 6.07) is 13.2. The van der Waals surface area contributed by atoms with Crippen LogP contribution in [0.3, 0.4) is 0 Å². The highest BCUT2D eigenvalue weighted by atomic mass is 32.2. The Balaban J connectivity index is 1.53. The molecule has 2 heterocycles. The predicted molar refractivity (Wildman–Crippen MR) is 153 cm³/mol. The van der Waals surface area contributed by atoms with Gasteiger partial charge in [0.1, 0.15) is 12.3 Å². The topological polar surface area (TPSA) is 61.7 Å². The predicted octanol–water partition coefficient (Wildman–Crippen LogP) is 5.66. The number of aliphatic hydroxyl groups is 1. The van der Waals surface area contributed by atoms with E-state index in [0.717, 1.165) is 60.6 Å². The molecule has 10 heteroatoms. The first-order valence-electron chi connectivity index (χ1n) is 13.0. The first-order chi connectivity index (χ1) is 18.8. The standard InChI is InChI=1S/C29H35F3N4O2S/c1-38-28-19-23(39-2)9-10-26(28)33-13-4-6-22-18-24-25(7-3-8-27(24)36(22)20-29(30,31)32)34-21-11-15-35(16-12-21)14-5-17-37/h3,7-10,18-19,21,33-34,37H,5,11-17,20H2,1-2H3. The van der Waals surface area contributed by atoms with Crippen molar-refractivity contribution in [2.45, 2.75) is 42.9 Å². The zero-order valence-electron chi connectivity index (χ0n) is 22.3. The Kier molecular flexibility index (Phi) is 9.94. The number of piperidine rings is 1. The van der Waals surface area contributed by atoms with Crippen LogP contribution >= 0.6 is 11.8 Å². The van der Waals surface area contributed by atoms with Gasteiger partial charge in [0.25, 0.3) is 0 Å². The number of rotatable bonds is 10. The molecule has 0 radical (unpaired) electrons. The molecule has 0 unspecified atom stereocenters. The summed E-state index contributed by atoms with van der Waals surface area (Å²) in [7, 11) is 1.60. The highest BCUT2D eigenvalue weighted by Crippen LogP contribution is 2.32. The molecule has 0 aliphatic carbocycles. The number of methoxy groups -OCH3 is 1. The number of thioether (sulfide) groups is 1. The molecule has 1 aliphatic heterocycles. The molecule has 6 nitrogen and oxygen atoms in total. The van der Waals surface area contributed by atoms with Crippen molar-refractivity contribution in [3.05, 3.63) is 48.2 Å². The summed E-state index contributed by atoms with van der Waals surface area (Å²) in [5, 5.41) is 16.6. The molecule has 0 atom stereocenters. The van der Waals surface area contributed by atoms with Gasteiger partial charge in [-0.25, -0.2) is 0 Å². The first-order valence-corrected chi connectivity index (χ1v) is 14.3. The van der Waals surface area contributed by atoms with E-state index < -0.39 is 12.7 Å². The maximum atomic E-state index is 13.5. The number of fused-ring (bicyclic) bond motifs is 1. The SMILES string of the molecule is COc1cc(SC)ccc1NCC#Cc1cc2c(NC3CCN(CCCO)CC3)cccc2n1CC(F)(F)F. The third kappa shape index (κ3) is 7.78. The van der Waals surface area contributed by atoms with E-state index in [2.05, 4.69) is 27.4 Å². The van der Waals surface area contributed by atoms with Gasteiger partial charge in [0, 0.05) is 48.3 Å². The average molecular weight is 561 g/mol. The lowest BCUT2D eigenvalue weighted by molar-refractivity contribution is -0.140. The molecular formula is C29H35F3N4O2S. The molecule has 1 fully saturated rings. The van der Waals surface area contributed by atoms with Crippen LogP contribution in [0.25, 0.3) is 10.9 Å². The van der Waals surface area contributed by atoms with E-state index in [9.17, 15) is 13.2 Å². The number of hydrogen-bond donors (Lipinski definition) is 3. The van der Waals surface area contributed by atoms with E-state index in [1.54, 1.807) is 37.1 Å². The van der Waals surface area contributed by atoms with Gasteiger partial charge in [-0.1, -0.05) is 12.0 Å². The zero-order chi connectivity index (χ0) is 27.8. The Morgan fingerprint density at radius 3 is 2.62 bits per heavy atom. The molecular weight excluding hydrogens is 525 g/mol. The van der Waals surface area contributed by atoms with Crippen molar-refractivity contribution >= 4 is 34.0 Å². The fourth-order valence-electron chi connectivity index (χ4n) is 4.90. The fourth-order valence-corrected chi connectivity index (χ4v) is 5.33. The van der Waals surface area contributed by atoms with E-state index in [0.29, 0.717) is 17.0 Å². The van der Waals surface area contributed by atoms with Gasteiger partial charge in [-0.2, -0.15) is 13.2 Å². The molecule has 1 aromatic heterocycles. The zero-order valence-corrected chi connectivity index (χ0v) is 23.1. The van der Waals surface area contributed by atoms with Gasteiger partial charge < -0.3 is 29.9 Å². The maximum Gasteiger partial charge on any atom is 0.406 e. The van der Waals surface area contributed by atoms with E-state index in [4.69, 9.17) is 9.84 Å². The smallest absolute Gasteiger partial charge is 0.406 e. The molecule has 1 saturated heterocycles. The normalized spacial score (nSPS) is 14.7. The van der Waals surface area contributed by atoms with Crippen LogP contribution in [0.1, 0.15) is 25.0 Å². The summed E-state index contributed by atoms with van der Waals surface area (Å²) in [5.74, 6) is 6.63. The summed E-state index contributed by atoms with van der Waals surface area (Å²) in [6.07, 6.45) is 0.243. The van der Waals surface area contributed by atoms with Crippen molar-refractivity contribution in [2.75, 3.05) is 56.8 Å². The Morgan fingerprint density at radius 1 is 1.13 bits per heavy atom. The fraction of sp³-hybridized carbons (Fsp3) is 0.448. The summed E-state index contributed by atoms with van der Waals surface area (Å²) >= 11 is 1.61. The lowest BCUT2D eigenvalue weighted by Crippen LogP contribution is -2.39. The van der Waals surface area contributed by atoms with Gasteiger partial charge in [-0.3, -0.25) is 0 Å². The largest absolute Gasteiger partial charge is 0.495 e. The van der Waals surface area contributed by atoms with Crippen LogP contribution in [-0.2, 0) is 6.54 Å². The number of nitrogens with zero attached hydrogens (tertiary/aromatic N) is 2. The summed E-state index contributed by atoms with van der Waals surface area (Å²) in [6.45, 7) is 2.07. The number of ether oxygens (including phenoxy) is 1. The van der Waals surface area contributed by atoms with E-state index >= 15 is 0 Å².